The highest BCUT2D eigenvalue weighted by molar-refractivity contribution is 6.28. The van der Waals surface area contributed by atoms with Crippen LogP contribution in [0.2, 0.25) is 0 Å². The molecular weight excluding hydrogens is 287 g/mol. The Bertz CT molecular complexity index is 349. The molecule has 2 unspecified atom stereocenters. The third kappa shape index (κ3) is 3.82. The minimum Gasteiger partial charge on any atom is -0.378 e. The number of alkyl halides is 4. The first-order valence-electron chi connectivity index (χ1n) is 5.87. The van der Waals surface area contributed by atoms with Crippen LogP contribution in [-0.2, 0) is 14.3 Å². The molecule has 1 aliphatic rings. The number of nitrogens with zero attached hydrogens (tertiary/aromatic N) is 1. The lowest BCUT2D eigenvalue weighted by Crippen LogP contribution is -2.51. The fourth-order valence-electron chi connectivity index (χ4n) is 2.08. The number of ketones is 1. The summed E-state index contributed by atoms with van der Waals surface area (Å²) in [7, 11) is 0. The van der Waals surface area contributed by atoms with Gasteiger partial charge in [0.1, 0.15) is 0 Å². The first kappa shape index (κ1) is 16.2. The van der Waals surface area contributed by atoms with Crippen LogP contribution in [0.4, 0.5) is 13.2 Å². The monoisotopic (exact) mass is 301 g/mol. The van der Waals surface area contributed by atoms with Crippen molar-refractivity contribution in [3.8, 4) is 0 Å². The number of rotatable bonds is 5. The molecule has 19 heavy (non-hydrogen) atoms. The van der Waals surface area contributed by atoms with Gasteiger partial charge in [-0.2, -0.15) is 13.2 Å². The molecule has 0 aliphatic carbocycles. The lowest BCUT2D eigenvalue weighted by molar-refractivity contribution is -0.188. The second-order valence-electron chi connectivity index (χ2n) is 4.31. The highest BCUT2D eigenvalue weighted by Crippen LogP contribution is 2.26. The first-order valence-corrected chi connectivity index (χ1v) is 6.40. The summed E-state index contributed by atoms with van der Waals surface area (Å²) in [5, 5.41) is 0. The van der Waals surface area contributed by atoms with Crippen LogP contribution >= 0.6 is 11.6 Å². The van der Waals surface area contributed by atoms with Crippen LogP contribution in [0.3, 0.4) is 0 Å². The normalized spacial score (nSPS) is 23.4. The van der Waals surface area contributed by atoms with Gasteiger partial charge in [0.2, 0.25) is 0 Å². The zero-order valence-corrected chi connectivity index (χ0v) is 11.1. The van der Waals surface area contributed by atoms with E-state index in [-0.39, 0.29) is 25.6 Å². The van der Waals surface area contributed by atoms with Gasteiger partial charge in [-0.1, -0.05) is 6.92 Å². The van der Waals surface area contributed by atoms with Gasteiger partial charge in [0.05, 0.1) is 31.1 Å². The number of Topliss-reactive ketones (excluding diaryl/α,β-unsaturated/α-hetero) is 1. The molecule has 1 saturated heterocycles. The molecule has 0 saturated carbocycles. The predicted molar refractivity (Wildman–Crippen MR) is 61.9 cm³/mol. The molecule has 0 radical (unpaired) electrons. The maximum Gasteiger partial charge on any atom is 0.471 e. The van der Waals surface area contributed by atoms with E-state index in [2.05, 4.69) is 0 Å². The number of hydrogen-bond acceptors (Lipinski definition) is 3. The van der Waals surface area contributed by atoms with Crippen molar-refractivity contribution in [2.75, 3.05) is 25.6 Å². The maximum absolute atomic E-state index is 12.5. The van der Waals surface area contributed by atoms with Crippen molar-refractivity contribution in [2.24, 2.45) is 5.92 Å². The second kappa shape index (κ2) is 6.56. The Kier molecular flexibility index (Phi) is 5.61. The smallest absolute Gasteiger partial charge is 0.378 e. The summed E-state index contributed by atoms with van der Waals surface area (Å²) in [6.45, 7) is 1.51. The third-order valence-electron chi connectivity index (χ3n) is 2.96. The molecule has 2 atom stereocenters. The van der Waals surface area contributed by atoms with Crippen LogP contribution in [0, 0.1) is 5.92 Å². The molecular formula is C11H15ClF3NO3. The molecule has 0 spiro atoms. The van der Waals surface area contributed by atoms with E-state index in [1.54, 1.807) is 6.92 Å². The average Bonchev–Trinajstić information content (AvgIpc) is 2.81. The molecule has 8 heteroatoms. The van der Waals surface area contributed by atoms with E-state index >= 15 is 0 Å². The van der Waals surface area contributed by atoms with Crippen molar-refractivity contribution >= 4 is 23.3 Å². The van der Waals surface area contributed by atoms with Crippen molar-refractivity contribution in [3.05, 3.63) is 0 Å². The number of ether oxygens (including phenoxy) is 1. The predicted octanol–water partition coefficient (Wildman–Crippen LogP) is 1.61. The van der Waals surface area contributed by atoms with Crippen LogP contribution in [0.25, 0.3) is 0 Å². The van der Waals surface area contributed by atoms with Crippen LogP contribution in [0.5, 0.6) is 0 Å². The zero-order chi connectivity index (χ0) is 14.6. The van der Waals surface area contributed by atoms with Crippen molar-refractivity contribution in [1.29, 1.82) is 0 Å². The van der Waals surface area contributed by atoms with Gasteiger partial charge in [-0.15, -0.1) is 11.6 Å². The minimum absolute atomic E-state index is 0.00156. The third-order valence-corrected chi connectivity index (χ3v) is 3.23. The van der Waals surface area contributed by atoms with Crippen molar-refractivity contribution in [2.45, 2.75) is 25.6 Å². The summed E-state index contributed by atoms with van der Waals surface area (Å²) in [4.78, 5) is 23.7. The van der Waals surface area contributed by atoms with Gasteiger partial charge in [0.15, 0.2) is 5.78 Å². The van der Waals surface area contributed by atoms with E-state index in [4.69, 9.17) is 16.3 Å². The average molecular weight is 302 g/mol. The van der Waals surface area contributed by atoms with Gasteiger partial charge in [0, 0.05) is 6.54 Å². The summed E-state index contributed by atoms with van der Waals surface area (Å²) >= 11 is 5.42. The lowest BCUT2D eigenvalue weighted by Gasteiger charge is -2.31. The van der Waals surface area contributed by atoms with E-state index in [9.17, 15) is 22.8 Å². The van der Waals surface area contributed by atoms with E-state index in [0.717, 1.165) is 0 Å². The van der Waals surface area contributed by atoms with Gasteiger partial charge in [0.25, 0.3) is 0 Å². The molecule has 0 bridgehead atoms. The number of halogens is 4. The van der Waals surface area contributed by atoms with E-state index < -0.39 is 29.8 Å². The Hall–Kier alpha value is -0.820. The van der Waals surface area contributed by atoms with Crippen molar-refractivity contribution in [3.63, 3.8) is 0 Å². The van der Waals surface area contributed by atoms with Crippen LogP contribution < -0.4 is 0 Å². The van der Waals surface area contributed by atoms with Gasteiger partial charge in [-0.3, -0.25) is 9.59 Å². The Labute approximate surface area is 113 Å². The first-order chi connectivity index (χ1) is 8.82. The van der Waals surface area contributed by atoms with Gasteiger partial charge in [-0.05, 0) is 6.42 Å². The number of carbonyl (C=O) groups excluding carboxylic acids is 2. The molecule has 0 aromatic carbocycles. The fourth-order valence-corrected chi connectivity index (χ4v) is 2.28. The van der Waals surface area contributed by atoms with Crippen LogP contribution in [-0.4, -0.2) is 54.4 Å². The molecule has 1 amide bonds. The van der Waals surface area contributed by atoms with Gasteiger partial charge >= 0.3 is 12.1 Å². The molecule has 1 rings (SSSR count). The molecule has 4 nitrogen and oxygen atoms in total. The molecule has 1 heterocycles. The maximum atomic E-state index is 12.5. The van der Waals surface area contributed by atoms with Crippen molar-refractivity contribution in [1.82, 2.24) is 4.90 Å². The van der Waals surface area contributed by atoms with E-state index in [0.29, 0.717) is 11.3 Å². The Morgan fingerprint density at radius 2 is 2.00 bits per heavy atom. The molecule has 110 valence electrons. The zero-order valence-electron chi connectivity index (χ0n) is 10.4. The summed E-state index contributed by atoms with van der Waals surface area (Å²) < 4.78 is 42.7. The quantitative estimate of drug-likeness (QED) is 0.725. The molecule has 0 aromatic heterocycles. The summed E-state index contributed by atoms with van der Waals surface area (Å²) in [5.74, 6) is -3.42. The van der Waals surface area contributed by atoms with Gasteiger partial charge < -0.3 is 9.64 Å². The van der Waals surface area contributed by atoms with Crippen LogP contribution in [0.15, 0.2) is 0 Å². The highest BCUT2D eigenvalue weighted by Gasteiger charge is 2.48. The number of hydrogen-bond donors (Lipinski definition) is 0. The molecule has 1 aliphatic heterocycles. The van der Waals surface area contributed by atoms with E-state index in [1.807, 2.05) is 0 Å². The Morgan fingerprint density at radius 3 is 2.47 bits per heavy atom. The minimum atomic E-state index is -4.95. The number of amides is 1. The Balaban J connectivity index is 2.92. The highest BCUT2D eigenvalue weighted by atomic mass is 35.5. The SMILES string of the molecule is CCCN(C(=O)C(F)(F)F)C1COCC1C(=O)CCl. The molecule has 0 N–H and O–H groups in total. The number of carbonyl (C=O) groups is 2. The van der Waals surface area contributed by atoms with Gasteiger partial charge in [-0.25, -0.2) is 0 Å². The summed E-state index contributed by atoms with van der Waals surface area (Å²) in [5.41, 5.74) is 0. The van der Waals surface area contributed by atoms with Crippen LogP contribution in [0.1, 0.15) is 13.3 Å². The topological polar surface area (TPSA) is 46.6 Å². The fraction of sp³-hybridized carbons (Fsp3) is 0.818. The summed E-state index contributed by atoms with van der Waals surface area (Å²) in [6.07, 6.45) is -4.59. The second-order valence-corrected chi connectivity index (χ2v) is 4.57. The van der Waals surface area contributed by atoms with Crippen molar-refractivity contribution < 1.29 is 27.5 Å². The Morgan fingerprint density at radius 1 is 1.37 bits per heavy atom. The summed E-state index contributed by atoms with van der Waals surface area (Å²) in [6, 6.07) is -0.889. The molecule has 0 aromatic rings. The standard InChI is InChI=1S/C11H15ClF3NO3/c1-2-3-16(10(18)11(13,14)15)8-6-19-5-7(8)9(17)4-12/h7-8H,2-6H2,1H3. The lowest BCUT2D eigenvalue weighted by atomic mass is 9.97. The largest absolute Gasteiger partial charge is 0.471 e. The molecule has 1 fully saturated rings. The van der Waals surface area contributed by atoms with E-state index in [1.165, 1.54) is 0 Å².